The van der Waals surface area contributed by atoms with Gasteiger partial charge in [-0.25, -0.2) is 9.78 Å². The summed E-state index contributed by atoms with van der Waals surface area (Å²) >= 11 is 0. The number of aromatic nitrogens is 2. The number of hydrogen-bond donors (Lipinski definition) is 1. The average Bonchev–Trinajstić information content (AvgIpc) is 2.93. The van der Waals surface area contributed by atoms with Crippen molar-refractivity contribution in [3.63, 3.8) is 0 Å². The van der Waals surface area contributed by atoms with Gasteiger partial charge in [0.2, 0.25) is 0 Å². The van der Waals surface area contributed by atoms with E-state index in [1.165, 1.54) is 10.9 Å². The van der Waals surface area contributed by atoms with Crippen LogP contribution in [0.5, 0.6) is 0 Å². The zero-order valence-electron chi connectivity index (χ0n) is 10.3. The molecule has 0 aliphatic carbocycles. The van der Waals surface area contributed by atoms with Gasteiger partial charge in [-0.3, -0.25) is 4.57 Å². The summed E-state index contributed by atoms with van der Waals surface area (Å²) < 4.78 is 1.42. The molecular weight excluding hydrogens is 228 g/mol. The maximum absolute atomic E-state index is 11.6. The summed E-state index contributed by atoms with van der Waals surface area (Å²) in [5.41, 5.74) is 1.13. The van der Waals surface area contributed by atoms with Gasteiger partial charge in [0.25, 0.3) is 0 Å². The van der Waals surface area contributed by atoms with Gasteiger partial charge < -0.3 is 10.2 Å². The number of imidazole rings is 1. The van der Waals surface area contributed by atoms with Gasteiger partial charge in [0.05, 0.1) is 0 Å². The lowest BCUT2D eigenvalue weighted by atomic mass is 10.3. The predicted octanol–water partition coefficient (Wildman–Crippen LogP) is 1.58. The molecule has 0 unspecified atom stereocenters. The van der Waals surface area contributed by atoms with Crippen LogP contribution < -0.4 is 10.2 Å². The van der Waals surface area contributed by atoms with Gasteiger partial charge in [0, 0.05) is 38.2 Å². The van der Waals surface area contributed by atoms with E-state index in [1.807, 2.05) is 37.4 Å². The highest BCUT2D eigenvalue weighted by Gasteiger charge is 2.03. The molecule has 5 heteroatoms. The normalized spacial score (nSPS) is 10.1. The Hall–Kier alpha value is -2.30. The van der Waals surface area contributed by atoms with E-state index in [0.717, 1.165) is 12.2 Å². The van der Waals surface area contributed by atoms with Crippen molar-refractivity contribution >= 4 is 11.7 Å². The topological polar surface area (TPSA) is 50.2 Å². The molecule has 1 aromatic heterocycles. The number of nitrogens with one attached hydrogen (secondary N) is 1. The van der Waals surface area contributed by atoms with Gasteiger partial charge in [-0.05, 0) is 12.1 Å². The van der Waals surface area contributed by atoms with Crippen LogP contribution in [-0.2, 0) is 0 Å². The molecule has 0 fully saturated rings. The van der Waals surface area contributed by atoms with Crippen molar-refractivity contribution in [3.05, 3.63) is 49.1 Å². The van der Waals surface area contributed by atoms with E-state index in [1.54, 1.807) is 12.4 Å². The van der Waals surface area contributed by atoms with E-state index < -0.39 is 0 Å². The van der Waals surface area contributed by atoms with E-state index in [-0.39, 0.29) is 6.03 Å². The first-order valence-corrected chi connectivity index (χ1v) is 5.80. The number of nitrogens with zero attached hydrogens (tertiary/aromatic N) is 3. The van der Waals surface area contributed by atoms with Crippen molar-refractivity contribution in [1.82, 2.24) is 14.9 Å². The van der Waals surface area contributed by atoms with Crippen molar-refractivity contribution < 1.29 is 4.79 Å². The second-order valence-corrected chi connectivity index (χ2v) is 3.96. The standard InChI is InChI=1S/C13H16N4O/c1-16(12-5-3-2-4-6-12)9-8-15-13(18)17-10-7-14-11-17/h2-7,10-11H,8-9H2,1H3,(H,15,18). The van der Waals surface area contributed by atoms with Gasteiger partial charge in [0.1, 0.15) is 6.33 Å². The van der Waals surface area contributed by atoms with E-state index in [2.05, 4.69) is 15.2 Å². The fourth-order valence-electron chi connectivity index (χ4n) is 1.61. The summed E-state index contributed by atoms with van der Waals surface area (Å²) in [6.45, 7) is 1.34. The maximum Gasteiger partial charge on any atom is 0.326 e. The average molecular weight is 244 g/mol. The SMILES string of the molecule is CN(CCNC(=O)n1ccnc1)c1ccccc1. The highest BCUT2D eigenvalue weighted by Crippen LogP contribution is 2.09. The summed E-state index contributed by atoms with van der Waals surface area (Å²) in [5.74, 6) is 0. The van der Waals surface area contributed by atoms with Gasteiger partial charge in [-0.1, -0.05) is 18.2 Å². The molecule has 5 nitrogen and oxygen atoms in total. The first kappa shape index (κ1) is 12.2. The second-order valence-electron chi connectivity index (χ2n) is 3.96. The monoisotopic (exact) mass is 244 g/mol. The Balaban J connectivity index is 1.77. The molecule has 1 N–H and O–H groups in total. The first-order valence-electron chi connectivity index (χ1n) is 5.80. The van der Waals surface area contributed by atoms with Crippen LogP contribution in [0.25, 0.3) is 0 Å². The minimum atomic E-state index is -0.158. The van der Waals surface area contributed by atoms with Crippen LogP contribution in [0.15, 0.2) is 49.1 Å². The van der Waals surface area contributed by atoms with Crippen LogP contribution in [0.4, 0.5) is 10.5 Å². The Morgan fingerprint density at radius 3 is 2.83 bits per heavy atom. The minimum absolute atomic E-state index is 0.158. The van der Waals surface area contributed by atoms with Crippen molar-refractivity contribution in [2.45, 2.75) is 0 Å². The lowest BCUT2D eigenvalue weighted by Gasteiger charge is -2.19. The van der Waals surface area contributed by atoms with E-state index in [4.69, 9.17) is 0 Å². The molecule has 18 heavy (non-hydrogen) atoms. The third-order valence-corrected chi connectivity index (χ3v) is 2.66. The number of carbonyl (C=O) groups excluding carboxylic acids is 1. The quantitative estimate of drug-likeness (QED) is 0.888. The molecule has 1 heterocycles. The van der Waals surface area contributed by atoms with Crippen LogP contribution in [0, 0.1) is 0 Å². The number of anilines is 1. The summed E-state index contributed by atoms with van der Waals surface area (Å²) in [6.07, 6.45) is 4.68. The summed E-state index contributed by atoms with van der Waals surface area (Å²) in [7, 11) is 2.00. The number of hydrogen-bond acceptors (Lipinski definition) is 3. The zero-order valence-corrected chi connectivity index (χ0v) is 10.3. The van der Waals surface area contributed by atoms with Gasteiger partial charge in [-0.15, -0.1) is 0 Å². The molecule has 2 aromatic rings. The van der Waals surface area contributed by atoms with E-state index >= 15 is 0 Å². The van der Waals surface area contributed by atoms with Crippen LogP contribution in [-0.4, -0.2) is 35.7 Å². The van der Waals surface area contributed by atoms with Crippen molar-refractivity contribution in [2.24, 2.45) is 0 Å². The molecule has 94 valence electrons. The first-order chi connectivity index (χ1) is 8.77. The largest absolute Gasteiger partial charge is 0.373 e. The van der Waals surface area contributed by atoms with E-state index in [0.29, 0.717) is 6.54 Å². The van der Waals surface area contributed by atoms with Crippen LogP contribution in [0.2, 0.25) is 0 Å². The molecule has 0 spiro atoms. The molecule has 0 atom stereocenters. The Bertz CT molecular complexity index is 481. The van der Waals surface area contributed by atoms with Crippen molar-refractivity contribution in [3.8, 4) is 0 Å². The molecule has 0 bridgehead atoms. The Morgan fingerprint density at radius 1 is 1.39 bits per heavy atom. The smallest absolute Gasteiger partial charge is 0.326 e. The van der Waals surface area contributed by atoms with Crippen LogP contribution in [0.3, 0.4) is 0 Å². The Morgan fingerprint density at radius 2 is 2.17 bits per heavy atom. The second kappa shape index (κ2) is 5.86. The highest BCUT2D eigenvalue weighted by atomic mass is 16.2. The lowest BCUT2D eigenvalue weighted by molar-refractivity contribution is 0.242. The van der Waals surface area contributed by atoms with Gasteiger partial charge in [0.15, 0.2) is 0 Å². The molecule has 0 saturated heterocycles. The summed E-state index contributed by atoms with van der Waals surface area (Å²) in [5, 5.41) is 2.83. The Kier molecular flexibility index (Phi) is 3.96. The van der Waals surface area contributed by atoms with Gasteiger partial charge in [-0.2, -0.15) is 0 Å². The van der Waals surface area contributed by atoms with Crippen LogP contribution >= 0.6 is 0 Å². The third kappa shape index (κ3) is 3.10. The number of para-hydroxylation sites is 1. The summed E-state index contributed by atoms with van der Waals surface area (Å²) in [6, 6.07) is 9.90. The lowest BCUT2D eigenvalue weighted by Crippen LogP contribution is -2.35. The molecule has 1 amide bonds. The molecular formula is C13H16N4O. The molecule has 0 radical (unpaired) electrons. The number of amides is 1. The molecule has 0 saturated carbocycles. The highest BCUT2D eigenvalue weighted by molar-refractivity contribution is 5.76. The summed E-state index contributed by atoms with van der Waals surface area (Å²) in [4.78, 5) is 17.5. The fourth-order valence-corrected chi connectivity index (χ4v) is 1.61. The Labute approximate surface area is 106 Å². The van der Waals surface area contributed by atoms with Crippen LogP contribution in [0.1, 0.15) is 0 Å². The van der Waals surface area contributed by atoms with E-state index in [9.17, 15) is 4.79 Å². The number of benzene rings is 1. The van der Waals surface area contributed by atoms with Gasteiger partial charge >= 0.3 is 6.03 Å². The maximum atomic E-state index is 11.6. The zero-order chi connectivity index (χ0) is 12.8. The van der Waals surface area contributed by atoms with Crippen molar-refractivity contribution in [2.75, 3.05) is 25.0 Å². The number of rotatable bonds is 4. The van der Waals surface area contributed by atoms with Crippen molar-refractivity contribution in [1.29, 1.82) is 0 Å². The predicted molar refractivity (Wildman–Crippen MR) is 70.7 cm³/mol. The number of carbonyl (C=O) groups is 1. The molecule has 0 aliphatic heterocycles. The number of likely N-dealkylation sites (N-methyl/N-ethyl adjacent to an activating group) is 1. The molecule has 0 aliphatic rings. The molecule has 1 aromatic carbocycles. The third-order valence-electron chi connectivity index (χ3n) is 2.66. The fraction of sp³-hybridized carbons (Fsp3) is 0.231. The molecule has 2 rings (SSSR count). The minimum Gasteiger partial charge on any atom is -0.373 e.